The summed E-state index contributed by atoms with van der Waals surface area (Å²) in [4.78, 5) is 4.37. The van der Waals surface area contributed by atoms with Gasteiger partial charge >= 0.3 is 0 Å². The number of fused-ring (bicyclic) bond motifs is 1. The molecule has 2 rings (SSSR count). The molecule has 0 bridgehead atoms. The van der Waals surface area contributed by atoms with Gasteiger partial charge in [0, 0.05) is 10.4 Å². The van der Waals surface area contributed by atoms with Crippen LogP contribution >= 0.6 is 27.5 Å². The van der Waals surface area contributed by atoms with Gasteiger partial charge in [0.25, 0.3) is 0 Å². The molecule has 1 nitrogen and oxygen atoms in total. The fourth-order valence-electron chi connectivity index (χ4n) is 1.23. The third-order valence-corrected chi connectivity index (χ3v) is 2.94. The molecule has 0 aliphatic rings. The Morgan fingerprint density at radius 3 is 2.85 bits per heavy atom. The van der Waals surface area contributed by atoms with Crippen LogP contribution in [0, 0.1) is 6.92 Å². The average Bonchev–Trinajstić information content (AvgIpc) is 2.08. The summed E-state index contributed by atoms with van der Waals surface area (Å²) in [6.45, 7) is 2.01. The van der Waals surface area contributed by atoms with E-state index in [1.54, 1.807) is 0 Å². The second kappa shape index (κ2) is 3.28. The van der Waals surface area contributed by atoms with Crippen molar-refractivity contribution in [3.05, 3.63) is 39.5 Å². The van der Waals surface area contributed by atoms with Crippen molar-refractivity contribution in [2.24, 2.45) is 0 Å². The number of aromatic nitrogens is 1. The van der Waals surface area contributed by atoms with Gasteiger partial charge < -0.3 is 0 Å². The summed E-state index contributed by atoms with van der Waals surface area (Å²) in [7, 11) is 0. The van der Waals surface area contributed by atoms with E-state index in [9.17, 15) is 0 Å². The van der Waals surface area contributed by atoms with E-state index in [0.717, 1.165) is 26.1 Å². The minimum Gasteiger partial charge on any atom is -0.241 e. The van der Waals surface area contributed by atoms with Crippen molar-refractivity contribution in [3.8, 4) is 0 Å². The fraction of sp³-hybridized carbons (Fsp3) is 0.100. The Balaban J connectivity index is 2.81. The summed E-state index contributed by atoms with van der Waals surface area (Å²) in [6, 6.07) is 7.75. The second-order valence-corrected chi connectivity index (χ2v) is 4.12. The largest absolute Gasteiger partial charge is 0.241 e. The number of aryl methyl sites for hydroxylation is 1. The van der Waals surface area contributed by atoms with Crippen LogP contribution in [0.1, 0.15) is 5.56 Å². The number of nitrogens with zero attached hydrogens (tertiary/aromatic N) is 1. The molecule has 0 saturated heterocycles. The third-order valence-electron chi connectivity index (χ3n) is 1.91. The van der Waals surface area contributed by atoms with Crippen molar-refractivity contribution in [3.63, 3.8) is 0 Å². The van der Waals surface area contributed by atoms with E-state index in [1.807, 2.05) is 25.1 Å². The Bertz CT molecular complexity index is 468. The van der Waals surface area contributed by atoms with Crippen LogP contribution < -0.4 is 0 Å². The molecular weight excluding hydrogens is 249 g/mol. The zero-order chi connectivity index (χ0) is 9.42. The zero-order valence-electron chi connectivity index (χ0n) is 7.01. The predicted octanol–water partition coefficient (Wildman–Crippen LogP) is 3.96. The normalized spacial score (nSPS) is 10.7. The lowest BCUT2D eigenvalue weighted by Crippen LogP contribution is -1.84. The standard InChI is InChI=1S/C10H7BrClN/c1-6-4-7-5-8(12)2-3-9(7)13-10(6)11/h2-5H,1H3. The Labute approximate surface area is 89.9 Å². The van der Waals surface area contributed by atoms with Gasteiger partial charge in [-0.05, 0) is 52.7 Å². The summed E-state index contributed by atoms with van der Waals surface area (Å²) in [5.41, 5.74) is 2.08. The van der Waals surface area contributed by atoms with Gasteiger partial charge in [-0.15, -0.1) is 0 Å². The van der Waals surface area contributed by atoms with Gasteiger partial charge in [-0.25, -0.2) is 4.98 Å². The average molecular weight is 257 g/mol. The number of benzene rings is 1. The molecule has 1 aromatic carbocycles. The molecule has 0 amide bonds. The molecule has 0 fully saturated rings. The molecule has 0 aliphatic heterocycles. The molecule has 0 aliphatic carbocycles. The van der Waals surface area contributed by atoms with E-state index < -0.39 is 0 Å². The molecule has 0 saturated carbocycles. The molecule has 0 spiro atoms. The first kappa shape index (κ1) is 8.97. The maximum absolute atomic E-state index is 5.87. The van der Waals surface area contributed by atoms with Crippen LogP contribution in [0.5, 0.6) is 0 Å². The van der Waals surface area contributed by atoms with Crippen LogP contribution in [0.4, 0.5) is 0 Å². The molecule has 0 radical (unpaired) electrons. The molecule has 0 unspecified atom stereocenters. The van der Waals surface area contributed by atoms with Crippen LogP contribution in [-0.4, -0.2) is 4.98 Å². The van der Waals surface area contributed by atoms with Gasteiger partial charge in [0.15, 0.2) is 0 Å². The lowest BCUT2D eigenvalue weighted by Gasteiger charge is -2.01. The van der Waals surface area contributed by atoms with Gasteiger partial charge in [-0.1, -0.05) is 11.6 Å². The number of pyridine rings is 1. The zero-order valence-corrected chi connectivity index (χ0v) is 9.35. The van der Waals surface area contributed by atoms with E-state index in [2.05, 4.69) is 27.0 Å². The molecule has 1 aromatic heterocycles. The second-order valence-electron chi connectivity index (χ2n) is 2.93. The van der Waals surface area contributed by atoms with Gasteiger partial charge in [0.2, 0.25) is 0 Å². The lowest BCUT2D eigenvalue weighted by atomic mass is 10.2. The SMILES string of the molecule is Cc1cc2cc(Cl)ccc2nc1Br. The topological polar surface area (TPSA) is 12.9 Å². The van der Waals surface area contributed by atoms with E-state index >= 15 is 0 Å². The van der Waals surface area contributed by atoms with Crippen molar-refractivity contribution in [2.75, 3.05) is 0 Å². The molecule has 13 heavy (non-hydrogen) atoms. The monoisotopic (exact) mass is 255 g/mol. The van der Waals surface area contributed by atoms with Crippen LogP contribution in [0.15, 0.2) is 28.9 Å². The predicted molar refractivity (Wildman–Crippen MR) is 59.2 cm³/mol. The highest BCUT2D eigenvalue weighted by Crippen LogP contribution is 2.22. The number of halogens is 2. The van der Waals surface area contributed by atoms with E-state index in [4.69, 9.17) is 11.6 Å². The Morgan fingerprint density at radius 2 is 2.08 bits per heavy atom. The number of hydrogen-bond donors (Lipinski definition) is 0. The highest BCUT2D eigenvalue weighted by atomic mass is 79.9. The van der Waals surface area contributed by atoms with E-state index in [-0.39, 0.29) is 0 Å². The molecule has 66 valence electrons. The van der Waals surface area contributed by atoms with Gasteiger partial charge in [0.05, 0.1) is 5.52 Å². The third kappa shape index (κ3) is 1.69. The first-order valence-electron chi connectivity index (χ1n) is 3.89. The van der Waals surface area contributed by atoms with E-state index in [0.29, 0.717) is 0 Å². The van der Waals surface area contributed by atoms with Crippen molar-refractivity contribution >= 4 is 38.4 Å². The molecule has 2 aromatic rings. The molecule has 1 heterocycles. The van der Waals surface area contributed by atoms with Gasteiger partial charge in [-0.3, -0.25) is 0 Å². The van der Waals surface area contributed by atoms with E-state index in [1.165, 1.54) is 0 Å². The quantitative estimate of drug-likeness (QED) is 0.650. The van der Waals surface area contributed by atoms with Crippen LogP contribution in [0.3, 0.4) is 0 Å². The molecular formula is C10H7BrClN. The van der Waals surface area contributed by atoms with Crippen molar-refractivity contribution in [2.45, 2.75) is 6.92 Å². The van der Waals surface area contributed by atoms with Crippen molar-refractivity contribution in [1.29, 1.82) is 0 Å². The highest BCUT2D eigenvalue weighted by Gasteiger charge is 2.00. The Morgan fingerprint density at radius 1 is 1.31 bits per heavy atom. The lowest BCUT2D eigenvalue weighted by molar-refractivity contribution is 1.28. The molecule has 0 N–H and O–H groups in total. The summed E-state index contributed by atoms with van der Waals surface area (Å²) in [5.74, 6) is 0. The maximum atomic E-state index is 5.87. The fourth-order valence-corrected chi connectivity index (χ4v) is 1.72. The summed E-state index contributed by atoms with van der Waals surface area (Å²) in [5, 5.41) is 1.82. The van der Waals surface area contributed by atoms with Crippen LogP contribution in [-0.2, 0) is 0 Å². The minimum absolute atomic E-state index is 0.746. The number of hydrogen-bond acceptors (Lipinski definition) is 1. The number of rotatable bonds is 0. The molecule has 0 atom stereocenters. The van der Waals surface area contributed by atoms with Crippen molar-refractivity contribution in [1.82, 2.24) is 4.98 Å². The van der Waals surface area contributed by atoms with Crippen LogP contribution in [0.2, 0.25) is 5.02 Å². The summed E-state index contributed by atoms with van der Waals surface area (Å²) >= 11 is 9.26. The first-order valence-corrected chi connectivity index (χ1v) is 5.06. The van der Waals surface area contributed by atoms with Crippen molar-refractivity contribution < 1.29 is 0 Å². The maximum Gasteiger partial charge on any atom is 0.109 e. The van der Waals surface area contributed by atoms with Gasteiger partial charge in [-0.2, -0.15) is 0 Å². The minimum atomic E-state index is 0.746. The Kier molecular flexibility index (Phi) is 2.26. The van der Waals surface area contributed by atoms with Crippen LogP contribution in [0.25, 0.3) is 10.9 Å². The summed E-state index contributed by atoms with van der Waals surface area (Å²) in [6.07, 6.45) is 0. The molecule has 3 heteroatoms. The first-order chi connectivity index (χ1) is 6.16. The van der Waals surface area contributed by atoms with Gasteiger partial charge in [0.1, 0.15) is 4.60 Å². The highest BCUT2D eigenvalue weighted by molar-refractivity contribution is 9.10. The Hall–Kier alpha value is -0.600. The smallest absolute Gasteiger partial charge is 0.109 e. The summed E-state index contributed by atoms with van der Waals surface area (Å²) < 4.78 is 0.891.